The van der Waals surface area contributed by atoms with Crippen molar-refractivity contribution in [3.05, 3.63) is 59.1 Å². The van der Waals surface area contributed by atoms with Crippen molar-refractivity contribution in [1.29, 1.82) is 0 Å². The second kappa shape index (κ2) is 4.00. The molecule has 0 saturated heterocycles. The van der Waals surface area contributed by atoms with Crippen LogP contribution in [0.4, 0.5) is 0 Å². The van der Waals surface area contributed by atoms with Gasteiger partial charge in [0.05, 0.1) is 17.2 Å². The molecule has 0 unspecified atom stereocenters. The SMILES string of the molecule is O=c1[nH]cnc2cc(-c3cccc(O)c3)ccc12. The van der Waals surface area contributed by atoms with Gasteiger partial charge in [0.1, 0.15) is 5.75 Å². The largest absolute Gasteiger partial charge is 0.508 e. The molecule has 0 aliphatic carbocycles. The number of aromatic amines is 1. The van der Waals surface area contributed by atoms with E-state index in [0.29, 0.717) is 10.9 Å². The quantitative estimate of drug-likeness (QED) is 0.683. The molecule has 2 aromatic carbocycles. The van der Waals surface area contributed by atoms with Crippen LogP contribution in [-0.4, -0.2) is 15.1 Å². The number of hydrogen-bond donors (Lipinski definition) is 2. The average molecular weight is 238 g/mol. The lowest BCUT2D eigenvalue weighted by Crippen LogP contribution is -2.05. The molecular weight excluding hydrogens is 228 g/mol. The molecule has 3 rings (SSSR count). The fraction of sp³-hybridized carbons (Fsp3) is 0. The van der Waals surface area contributed by atoms with Crippen LogP contribution in [0.15, 0.2) is 53.6 Å². The van der Waals surface area contributed by atoms with E-state index in [2.05, 4.69) is 9.97 Å². The molecule has 2 N–H and O–H groups in total. The Balaban J connectivity index is 2.23. The van der Waals surface area contributed by atoms with Crippen molar-refractivity contribution >= 4 is 10.9 Å². The van der Waals surface area contributed by atoms with Crippen molar-refractivity contribution in [3.63, 3.8) is 0 Å². The summed E-state index contributed by atoms with van der Waals surface area (Å²) < 4.78 is 0. The summed E-state index contributed by atoms with van der Waals surface area (Å²) in [4.78, 5) is 18.2. The van der Waals surface area contributed by atoms with Crippen molar-refractivity contribution in [2.75, 3.05) is 0 Å². The number of fused-ring (bicyclic) bond motifs is 1. The Hall–Kier alpha value is -2.62. The van der Waals surface area contributed by atoms with Gasteiger partial charge < -0.3 is 10.1 Å². The number of benzene rings is 2. The van der Waals surface area contributed by atoms with Gasteiger partial charge in [-0.1, -0.05) is 18.2 Å². The zero-order chi connectivity index (χ0) is 12.5. The normalized spacial score (nSPS) is 10.7. The molecule has 0 atom stereocenters. The first-order valence-electron chi connectivity index (χ1n) is 5.51. The third kappa shape index (κ3) is 1.73. The van der Waals surface area contributed by atoms with Crippen LogP contribution in [0.5, 0.6) is 5.75 Å². The summed E-state index contributed by atoms with van der Waals surface area (Å²) in [6, 6.07) is 12.4. The molecule has 0 spiro atoms. The molecular formula is C14H10N2O2. The predicted octanol–water partition coefficient (Wildman–Crippen LogP) is 2.30. The minimum absolute atomic E-state index is 0.151. The van der Waals surface area contributed by atoms with Crippen LogP contribution >= 0.6 is 0 Å². The summed E-state index contributed by atoms with van der Waals surface area (Å²) in [7, 11) is 0. The first-order valence-corrected chi connectivity index (χ1v) is 5.51. The van der Waals surface area contributed by atoms with Gasteiger partial charge in [0, 0.05) is 0 Å². The molecule has 0 aliphatic heterocycles. The smallest absolute Gasteiger partial charge is 0.258 e. The highest BCUT2D eigenvalue weighted by Gasteiger charge is 2.03. The maximum Gasteiger partial charge on any atom is 0.258 e. The average Bonchev–Trinajstić information content (AvgIpc) is 2.39. The molecule has 1 aromatic heterocycles. The van der Waals surface area contributed by atoms with Crippen LogP contribution in [0.2, 0.25) is 0 Å². The van der Waals surface area contributed by atoms with Gasteiger partial charge in [0.2, 0.25) is 0 Å². The van der Waals surface area contributed by atoms with Crippen LogP contribution in [0, 0.1) is 0 Å². The standard InChI is InChI=1S/C14H10N2O2/c17-11-3-1-2-9(6-11)10-4-5-12-13(7-10)15-8-16-14(12)18/h1-8,17H,(H,15,16,18). The Kier molecular flexibility index (Phi) is 2.34. The second-order valence-corrected chi connectivity index (χ2v) is 4.01. The molecule has 18 heavy (non-hydrogen) atoms. The highest BCUT2D eigenvalue weighted by Crippen LogP contribution is 2.24. The molecule has 0 bridgehead atoms. The molecule has 0 aliphatic rings. The van der Waals surface area contributed by atoms with E-state index in [-0.39, 0.29) is 11.3 Å². The van der Waals surface area contributed by atoms with Gasteiger partial charge >= 0.3 is 0 Å². The summed E-state index contributed by atoms with van der Waals surface area (Å²) in [6.07, 6.45) is 1.39. The lowest BCUT2D eigenvalue weighted by Gasteiger charge is -2.03. The van der Waals surface area contributed by atoms with Gasteiger partial charge in [0.25, 0.3) is 5.56 Å². The summed E-state index contributed by atoms with van der Waals surface area (Å²) >= 11 is 0. The second-order valence-electron chi connectivity index (χ2n) is 4.01. The van der Waals surface area contributed by atoms with E-state index in [4.69, 9.17) is 0 Å². The fourth-order valence-electron chi connectivity index (χ4n) is 1.93. The van der Waals surface area contributed by atoms with Crippen molar-refractivity contribution in [2.45, 2.75) is 0 Å². The molecule has 0 radical (unpaired) electrons. The number of H-pyrrole nitrogens is 1. The Morgan fingerprint density at radius 3 is 2.72 bits per heavy atom. The number of aromatic hydroxyl groups is 1. The Morgan fingerprint density at radius 2 is 1.89 bits per heavy atom. The van der Waals surface area contributed by atoms with Crippen LogP contribution < -0.4 is 5.56 Å². The highest BCUT2D eigenvalue weighted by molar-refractivity contribution is 5.83. The predicted molar refractivity (Wildman–Crippen MR) is 69.5 cm³/mol. The van der Waals surface area contributed by atoms with E-state index in [1.54, 1.807) is 24.3 Å². The van der Waals surface area contributed by atoms with Gasteiger partial charge in [0.15, 0.2) is 0 Å². The number of nitrogens with one attached hydrogen (secondary N) is 1. The fourth-order valence-corrected chi connectivity index (χ4v) is 1.93. The van der Waals surface area contributed by atoms with E-state index in [0.717, 1.165) is 11.1 Å². The molecule has 88 valence electrons. The van der Waals surface area contributed by atoms with Crippen molar-refractivity contribution < 1.29 is 5.11 Å². The number of aromatic nitrogens is 2. The zero-order valence-corrected chi connectivity index (χ0v) is 9.42. The van der Waals surface area contributed by atoms with Gasteiger partial charge in [-0.2, -0.15) is 0 Å². The first kappa shape index (κ1) is 10.5. The van der Waals surface area contributed by atoms with Crippen molar-refractivity contribution in [3.8, 4) is 16.9 Å². The lowest BCUT2D eigenvalue weighted by molar-refractivity contribution is 0.475. The minimum Gasteiger partial charge on any atom is -0.508 e. The molecule has 3 aromatic rings. The third-order valence-electron chi connectivity index (χ3n) is 2.82. The van der Waals surface area contributed by atoms with E-state index >= 15 is 0 Å². The minimum atomic E-state index is -0.151. The number of nitrogens with zero attached hydrogens (tertiary/aromatic N) is 1. The third-order valence-corrected chi connectivity index (χ3v) is 2.82. The Bertz CT molecular complexity index is 778. The van der Waals surface area contributed by atoms with Crippen molar-refractivity contribution in [2.24, 2.45) is 0 Å². The van der Waals surface area contributed by atoms with Crippen LogP contribution in [0.1, 0.15) is 0 Å². The molecule has 1 heterocycles. The number of phenolic OH excluding ortho intramolecular Hbond substituents is 1. The monoisotopic (exact) mass is 238 g/mol. The molecule has 0 amide bonds. The molecule has 0 saturated carbocycles. The van der Waals surface area contributed by atoms with Gasteiger partial charge in [-0.25, -0.2) is 4.98 Å². The molecule has 4 nitrogen and oxygen atoms in total. The Labute approximate surface area is 103 Å². The van der Waals surface area contributed by atoms with Gasteiger partial charge in [-0.05, 0) is 35.4 Å². The van der Waals surface area contributed by atoms with Crippen LogP contribution in [-0.2, 0) is 0 Å². The first-order chi connectivity index (χ1) is 8.74. The van der Waals surface area contributed by atoms with Crippen LogP contribution in [0.3, 0.4) is 0 Å². The number of phenols is 1. The van der Waals surface area contributed by atoms with E-state index in [1.165, 1.54) is 6.33 Å². The van der Waals surface area contributed by atoms with Gasteiger partial charge in [-0.3, -0.25) is 4.79 Å². The summed E-state index contributed by atoms with van der Waals surface area (Å²) in [6.45, 7) is 0. The molecule has 4 heteroatoms. The van der Waals surface area contributed by atoms with Gasteiger partial charge in [-0.15, -0.1) is 0 Å². The van der Waals surface area contributed by atoms with E-state index in [9.17, 15) is 9.90 Å². The molecule has 0 fully saturated rings. The zero-order valence-electron chi connectivity index (χ0n) is 9.42. The summed E-state index contributed by atoms with van der Waals surface area (Å²) in [5.41, 5.74) is 2.29. The number of hydrogen-bond acceptors (Lipinski definition) is 3. The van der Waals surface area contributed by atoms with E-state index in [1.807, 2.05) is 18.2 Å². The summed E-state index contributed by atoms with van der Waals surface area (Å²) in [5, 5.41) is 10.0. The summed E-state index contributed by atoms with van der Waals surface area (Å²) in [5.74, 6) is 0.214. The highest BCUT2D eigenvalue weighted by atomic mass is 16.3. The van der Waals surface area contributed by atoms with Crippen LogP contribution in [0.25, 0.3) is 22.0 Å². The maximum absolute atomic E-state index is 11.5. The Morgan fingerprint density at radius 1 is 1.06 bits per heavy atom. The lowest BCUT2D eigenvalue weighted by atomic mass is 10.0. The maximum atomic E-state index is 11.5. The topological polar surface area (TPSA) is 66.0 Å². The van der Waals surface area contributed by atoms with Crippen molar-refractivity contribution in [1.82, 2.24) is 9.97 Å². The van der Waals surface area contributed by atoms with E-state index < -0.39 is 0 Å². The number of rotatable bonds is 1.